The van der Waals surface area contributed by atoms with Gasteiger partial charge in [0.2, 0.25) is 0 Å². The monoisotopic (exact) mass is 540 g/mol. The SMILES string of the molecule is CN=C(NCc1ccnc(N2CCN(c3ccc(F)cc3)CC2)c1)NC(C)C(C)C.I. The molecular formula is C23H34FIN6. The lowest BCUT2D eigenvalue weighted by Crippen LogP contribution is -2.47. The van der Waals surface area contributed by atoms with E-state index in [0.717, 1.165) is 43.6 Å². The number of pyridine rings is 1. The number of aliphatic imine (C=N–C) groups is 1. The van der Waals surface area contributed by atoms with E-state index < -0.39 is 0 Å². The first-order chi connectivity index (χ1) is 14.5. The van der Waals surface area contributed by atoms with Crippen LogP contribution >= 0.6 is 24.0 Å². The molecule has 0 amide bonds. The summed E-state index contributed by atoms with van der Waals surface area (Å²) in [6, 6.07) is 11.2. The number of rotatable bonds is 6. The maximum Gasteiger partial charge on any atom is 0.191 e. The number of anilines is 2. The topological polar surface area (TPSA) is 55.8 Å². The van der Waals surface area contributed by atoms with Crippen LogP contribution in [0.4, 0.5) is 15.9 Å². The van der Waals surface area contributed by atoms with E-state index in [1.807, 2.05) is 24.4 Å². The lowest BCUT2D eigenvalue weighted by molar-refractivity contribution is 0.481. The Bertz CT molecular complexity index is 834. The molecule has 1 aliphatic rings. The fraction of sp³-hybridized carbons (Fsp3) is 0.478. The number of nitrogens with zero attached hydrogens (tertiary/aromatic N) is 4. The Balaban J connectivity index is 0.00000341. The third-order valence-electron chi connectivity index (χ3n) is 5.65. The van der Waals surface area contributed by atoms with Gasteiger partial charge in [-0.3, -0.25) is 4.99 Å². The number of hydrogen-bond donors (Lipinski definition) is 2. The van der Waals surface area contributed by atoms with Crippen LogP contribution in [-0.2, 0) is 6.54 Å². The molecule has 1 saturated heterocycles. The third-order valence-corrected chi connectivity index (χ3v) is 5.65. The summed E-state index contributed by atoms with van der Waals surface area (Å²) in [5, 5.41) is 6.81. The van der Waals surface area contributed by atoms with E-state index >= 15 is 0 Å². The van der Waals surface area contributed by atoms with Crippen molar-refractivity contribution in [1.82, 2.24) is 15.6 Å². The van der Waals surface area contributed by atoms with Crippen molar-refractivity contribution in [2.45, 2.75) is 33.4 Å². The molecule has 0 saturated carbocycles. The lowest BCUT2D eigenvalue weighted by atomic mass is 10.1. The fourth-order valence-corrected chi connectivity index (χ4v) is 3.35. The maximum absolute atomic E-state index is 13.2. The van der Waals surface area contributed by atoms with E-state index in [9.17, 15) is 4.39 Å². The Morgan fingerprint density at radius 1 is 1.06 bits per heavy atom. The third kappa shape index (κ3) is 7.22. The van der Waals surface area contributed by atoms with Crippen molar-refractivity contribution >= 4 is 41.4 Å². The fourth-order valence-electron chi connectivity index (χ4n) is 3.35. The molecule has 1 aliphatic heterocycles. The largest absolute Gasteiger partial charge is 0.368 e. The summed E-state index contributed by atoms with van der Waals surface area (Å²) in [4.78, 5) is 13.5. The summed E-state index contributed by atoms with van der Waals surface area (Å²) in [5.74, 6) is 2.14. The number of hydrogen-bond acceptors (Lipinski definition) is 4. The van der Waals surface area contributed by atoms with Gasteiger partial charge in [0, 0.05) is 57.7 Å². The van der Waals surface area contributed by atoms with Crippen LogP contribution in [0.1, 0.15) is 26.3 Å². The zero-order valence-electron chi connectivity index (χ0n) is 18.8. The zero-order valence-corrected chi connectivity index (χ0v) is 21.1. The molecule has 1 fully saturated rings. The van der Waals surface area contributed by atoms with Crippen LogP contribution in [-0.4, -0.2) is 50.2 Å². The van der Waals surface area contributed by atoms with Crippen LogP contribution in [0.15, 0.2) is 47.6 Å². The molecule has 0 bridgehead atoms. The van der Waals surface area contributed by atoms with Crippen LogP contribution in [0.5, 0.6) is 0 Å². The number of guanidine groups is 1. The average molecular weight is 540 g/mol. The second-order valence-corrected chi connectivity index (χ2v) is 8.08. The molecule has 3 rings (SSSR count). The van der Waals surface area contributed by atoms with E-state index in [4.69, 9.17) is 0 Å². The van der Waals surface area contributed by atoms with E-state index in [1.165, 1.54) is 17.7 Å². The second-order valence-electron chi connectivity index (χ2n) is 8.08. The molecule has 2 heterocycles. The molecule has 0 aliphatic carbocycles. The van der Waals surface area contributed by atoms with Gasteiger partial charge in [0.25, 0.3) is 0 Å². The molecule has 0 spiro atoms. The summed E-state index contributed by atoms with van der Waals surface area (Å²) >= 11 is 0. The highest BCUT2D eigenvalue weighted by Gasteiger charge is 2.18. The number of nitrogens with one attached hydrogen (secondary N) is 2. The van der Waals surface area contributed by atoms with Gasteiger partial charge in [-0.1, -0.05) is 13.8 Å². The minimum atomic E-state index is -0.197. The molecular weight excluding hydrogens is 506 g/mol. The van der Waals surface area contributed by atoms with Gasteiger partial charge < -0.3 is 20.4 Å². The normalized spacial score (nSPS) is 15.5. The highest BCUT2D eigenvalue weighted by atomic mass is 127. The Labute approximate surface area is 202 Å². The van der Waals surface area contributed by atoms with Crippen LogP contribution in [0, 0.1) is 11.7 Å². The van der Waals surface area contributed by atoms with Crippen LogP contribution in [0.2, 0.25) is 0 Å². The van der Waals surface area contributed by atoms with Crippen molar-refractivity contribution < 1.29 is 4.39 Å². The Morgan fingerprint density at radius 3 is 2.32 bits per heavy atom. The van der Waals surface area contributed by atoms with Gasteiger partial charge in [0.15, 0.2) is 5.96 Å². The summed E-state index contributed by atoms with van der Waals surface area (Å²) in [6.45, 7) is 10.8. The molecule has 31 heavy (non-hydrogen) atoms. The Hall–Kier alpha value is -2.10. The summed E-state index contributed by atoms with van der Waals surface area (Å²) in [6.07, 6.45) is 1.87. The number of piperazine rings is 1. The van der Waals surface area contributed by atoms with Crippen LogP contribution < -0.4 is 20.4 Å². The predicted molar refractivity (Wildman–Crippen MR) is 138 cm³/mol. The van der Waals surface area contributed by atoms with E-state index in [0.29, 0.717) is 18.5 Å². The number of aromatic nitrogens is 1. The zero-order chi connectivity index (χ0) is 21.5. The van der Waals surface area contributed by atoms with Crippen LogP contribution in [0.25, 0.3) is 0 Å². The predicted octanol–water partition coefficient (Wildman–Crippen LogP) is 3.87. The first kappa shape index (κ1) is 25.2. The maximum atomic E-state index is 13.2. The van der Waals surface area contributed by atoms with Gasteiger partial charge in [0.05, 0.1) is 0 Å². The van der Waals surface area contributed by atoms with Crippen LogP contribution in [0.3, 0.4) is 0 Å². The number of halogens is 2. The van der Waals surface area contributed by atoms with Crippen molar-refractivity contribution in [3.63, 3.8) is 0 Å². The molecule has 1 aromatic heterocycles. The number of benzene rings is 1. The molecule has 0 radical (unpaired) electrons. The van der Waals surface area contributed by atoms with Crippen molar-refractivity contribution in [1.29, 1.82) is 0 Å². The first-order valence-corrected chi connectivity index (χ1v) is 10.6. The Kier molecular flexibility index (Phi) is 9.80. The van der Waals surface area contributed by atoms with Gasteiger partial charge in [-0.25, -0.2) is 9.37 Å². The molecule has 8 heteroatoms. The van der Waals surface area contributed by atoms with Crippen molar-refractivity contribution in [3.8, 4) is 0 Å². The average Bonchev–Trinajstić information content (AvgIpc) is 2.77. The summed E-state index contributed by atoms with van der Waals surface area (Å²) in [5.41, 5.74) is 2.23. The van der Waals surface area contributed by atoms with E-state index in [2.05, 4.69) is 57.2 Å². The molecule has 2 aromatic rings. The molecule has 2 N–H and O–H groups in total. The quantitative estimate of drug-likeness (QED) is 0.331. The smallest absolute Gasteiger partial charge is 0.191 e. The molecule has 1 aromatic carbocycles. The van der Waals surface area contributed by atoms with E-state index in [-0.39, 0.29) is 29.8 Å². The highest BCUT2D eigenvalue weighted by molar-refractivity contribution is 14.0. The van der Waals surface area contributed by atoms with Gasteiger partial charge in [0.1, 0.15) is 11.6 Å². The second kappa shape index (κ2) is 12.1. The van der Waals surface area contributed by atoms with Crippen molar-refractivity contribution in [2.24, 2.45) is 10.9 Å². The van der Waals surface area contributed by atoms with E-state index in [1.54, 1.807) is 7.05 Å². The standard InChI is InChI=1S/C23H33FN6.HI/c1-17(2)18(3)28-23(25-4)27-16-19-9-10-26-22(15-19)30-13-11-29(12-14-30)21-7-5-20(24)6-8-21;/h5-10,15,17-18H,11-14,16H2,1-4H3,(H2,25,27,28);1H. The molecule has 1 atom stereocenters. The van der Waals surface area contributed by atoms with Gasteiger partial charge in [-0.2, -0.15) is 0 Å². The van der Waals surface area contributed by atoms with Gasteiger partial charge in [-0.05, 0) is 54.8 Å². The van der Waals surface area contributed by atoms with Gasteiger partial charge in [-0.15, -0.1) is 24.0 Å². The van der Waals surface area contributed by atoms with Crippen molar-refractivity contribution in [2.75, 3.05) is 43.0 Å². The van der Waals surface area contributed by atoms with Crippen molar-refractivity contribution in [3.05, 3.63) is 54.0 Å². The minimum absolute atomic E-state index is 0. The molecule has 170 valence electrons. The van der Waals surface area contributed by atoms with Gasteiger partial charge >= 0.3 is 0 Å². The summed E-state index contributed by atoms with van der Waals surface area (Å²) < 4.78 is 13.2. The molecule has 1 unspecified atom stereocenters. The lowest BCUT2D eigenvalue weighted by Gasteiger charge is -2.36. The minimum Gasteiger partial charge on any atom is -0.368 e. The first-order valence-electron chi connectivity index (χ1n) is 10.6. The summed E-state index contributed by atoms with van der Waals surface area (Å²) in [7, 11) is 1.79. The highest BCUT2D eigenvalue weighted by Crippen LogP contribution is 2.20. The molecule has 6 nitrogen and oxygen atoms in total. The Morgan fingerprint density at radius 2 is 1.71 bits per heavy atom.